The average molecular weight is 383 g/mol. The van der Waals surface area contributed by atoms with Crippen LogP contribution in [0.4, 0.5) is 11.5 Å². The fraction of sp³-hybridized carbons (Fsp3) is 0.167. The van der Waals surface area contributed by atoms with Gasteiger partial charge in [0.2, 0.25) is 0 Å². The Labute approximate surface area is 169 Å². The molecule has 0 radical (unpaired) electrons. The molecule has 0 saturated carbocycles. The minimum Gasteiger partial charge on any atom is -0.467 e. The highest BCUT2D eigenvalue weighted by atomic mass is 16.3. The molecule has 0 fully saturated rings. The van der Waals surface area contributed by atoms with Crippen LogP contribution in [0, 0.1) is 0 Å². The van der Waals surface area contributed by atoms with E-state index in [1.165, 1.54) is 11.3 Å². The zero-order valence-corrected chi connectivity index (χ0v) is 16.1. The van der Waals surface area contributed by atoms with Crippen molar-refractivity contribution < 1.29 is 9.21 Å². The van der Waals surface area contributed by atoms with Crippen LogP contribution >= 0.6 is 0 Å². The lowest BCUT2D eigenvalue weighted by atomic mass is 10.1. The van der Waals surface area contributed by atoms with Crippen LogP contribution in [0.25, 0.3) is 10.9 Å². The molecule has 0 bridgehead atoms. The summed E-state index contributed by atoms with van der Waals surface area (Å²) < 4.78 is 5.70. The van der Waals surface area contributed by atoms with Gasteiger partial charge in [-0.05, 0) is 49.2 Å². The first-order valence-electron chi connectivity index (χ1n) is 9.77. The molecule has 0 spiro atoms. The van der Waals surface area contributed by atoms with E-state index >= 15 is 0 Å². The van der Waals surface area contributed by atoms with Gasteiger partial charge in [0.05, 0.1) is 23.9 Å². The highest BCUT2D eigenvalue weighted by Crippen LogP contribution is 2.33. The Morgan fingerprint density at radius 3 is 2.86 bits per heavy atom. The van der Waals surface area contributed by atoms with Crippen LogP contribution in [0.2, 0.25) is 0 Å². The monoisotopic (exact) mass is 383 g/mol. The highest BCUT2D eigenvalue weighted by molar-refractivity contribution is 6.05. The van der Waals surface area contributed by atoms with Crippen LogP contribution in [0.1, 0.15) is 28.6 Å². The van der Waals surface area contributed by atoms with Gasteiger partial charge in [0.15, 0.2) is 0 Å². The molecule has 5 nitrogen and oxygen atoms in total. The van der Waals surface area contributed by atoms with Gasteiger partial charge in [-0.2, -0.15) is 0 Å². The van der Waals surface area contributed by atoms with E-state index in [1.54, 1.807) is 12.3 Å². The molecule has 2 aromatic heterocycles. The minimum atomic E-state index is -0.211. The van der Waals surface area contributed by atoms with Crippen molar-refractivity contribution in [2.45, 2.75) is 25.9 Å². The van der Waals surface area contributed by atoms with E-state index in [0.717, 1.165) is 17.3 Å². The first kappa shape index (κ1) is 17.5. The van der Waals surface area contributed by atoms with Crippen LogP contribution < -0.4 is 10.2 Å². The molecular formula is C24H21N3O2. The predicted octanol–water partition coefficient (Wildman–Crippen LogP) is 5.03. The van der Waals surface area contributed by atoms with Crippen LogP contribution in [0.15, 0.2) is 77.4 Å². The highest BCUT2D eigenvalue weighted by Gasteiger charge is 2.28. The van der Waals surface area contributed by atoms with Gasteiger partial charge in [-0.25, -0.2) is 4.98 Å². The second kappa shape index (κ2) is 7.09. The van der Waals surface area contributed by atoms with Gasteiger partial charge in [-0.3, -0.25) is 4.79 Å². The van der Waals surface area contributed by atoms with Crippen LogP contribution in [0.3, 0.4) is 0 Å². The maximum Gasteiger partial charge on any atom is 0.260 e. The molecule has 4 aromatic rings. The summed E-state index contributed by atoms with van der Waals surface area (Å²) in [7, 11) is 0. The quantitative estimate of drug-likeness (QED) is 0.537. The van der Waals surface area contributed by atoms with E-state index in [4.69, 9.17) is 4.42 Å². The number of benzene rings is 2. The van der Waals surface area contributed by atoms with Crippen LogP contribution in [0.5, 0.6) is 0 Å². The zero-order chi connectivity index (χ0) is 19.8. The molecule has 1 aliphatic rings. The molecule has 2 aromatic carbocycles. The van der Waals surface area contributed by atoms with Gasteiger partial charge in [-0.15, -0.1) is 0 Å². The standard InChI is InChI=1S/C24H21N3O2/c1-16-14-18-7-3-5-9-21(18)27(16)15-22-19(12-13-29-22)24(28)26-23-11-10-17-6-2-4-8-20(17)25-23/h2-13,16H,14-15H2,1H3,(H,25,26,28). The fourth-order valence-electron chi connectivity index (χ4n) is 4.01. The van der Waals surface area contributed by atoms with Gasteiger partial charge >= 0.3 is 0 Å². The minimum absolute atomic E-state index is 0.211. The Morgan fingerprint density at radius 1 is 1.10 bits per heavy atom. The molecule has 144 valence electrons. The Balaban J connectivity index is 1.37. The number of anilines is 2. The first-order valence-corrected chi connectivity index (χ1v) is 9.77. The summed E-state index contributed by atoms with van der Waals surface area (Å²) in [6, 6.07) is 22.1. The number of hydrogen-bond acceptors (Lipinski definition) is 4. The second-order valence-corrected chi connectivity index (χ2v) is 7.41. The predicted molar refractivity (Wildman–Crippen MR) is 114 cm³/mol. The summed E-state index contributed by atoms with van der Waals surface area (Å²) in [4.78, 5) is 19.7. The van der Waals surface area contributed by atoms with Gasteiger partial charge in [0.1, 0.15) is 11.6 Å². The van der Waals surface area contributed by atoms with Crippen molar-refractivity contribution in [3.63, 3.8) is 0 Å². The molecule has 1 amide bonds. The smallest absolute Gasteiger partial charge is 0.260 e. The molecule has 3 heterocycles. The van der Waals surface area contributed by atoms with Crippen molar-refractivity contribution in [2.75, 3.05) is 10.2 Å². The fourth-order valence-corrected chi connectivity index (χ4v) is 4.01. The maximum atomic E-state index is 12.9. The Bertz CT molecular complexity index is 1200. The van der Waals surface area contributed by atoms with Gasteiger partial charge in [-0.1, -0.05) is 36.4 Å². The van der Waals surface area contributed by atoms with E-state index in [-0.39, 0.29) is 5.91 Å². The van der Waals surface area contributed by atoms with Crippen molar-refractivity contribution in [2.24, 2.45) is 0 Å². The summed E-state index contributed by atoms with van der Waals surface area (Å²) in [5, 5.41) is 3.94. The van der Waals surface area contributed by atoms with Gasteiger partial charge in [0.25, 0.3) is 5.91 Å². The van der Waals surface area contributed by atoms with E-state index in [1.807, 2.05) is 42.5 Å². The number of rotatable bonds is 4. The molecule has 29 heavy (non-hydrogen) atoms. The zero-order valence-electron chi connectivity index (χ0n) is 16.1. The van der Waals surface area contributed by atoms with E-state index in [0.29, 0.717) is 29.7 Å². The summed E-state index contributed by atoms with van der Waals surface area (Å²) in [6.45, 7) is 2.75. The third-order valence-electron chi connectivity index (χ3n) is 5.49. The lowest BCUT2D eigenvalue weighted by molar-refractivity contribution is 0.102. The topological polar surface area (TPSA) is 58.4 Å². The lowest BCUT2D eigenvalue weighted by Crippen LogP contribution is -2.29. The summed E-state index contributed by atoms with van der Waals surface area (Å²) in [5.41, 5.74) is 3.92. The molecule has 1 aliphatic heterocycles. The Morgan fingerprint density at radius 2 is 1.93 bits per heavy atom. The number of amides is 1. The molecule has 1 unspecified atom stereocenters. The number of nitrogens with one attached hydrogen (secondary N) is 1. The number of furan rings is 1. The first-order chi connectivity index (χ1) is 14.2. The Hall–Kier alpha value is -3.60. The molecule has 0 saturated heterocycles. The number of nitrogens with zero attached hydrogens (tertiary/aromatic N) is 2. The third-order valence-corrected chi connectivity index (χ3v) is 5.49. The van der Waals surface area contributed by atoms with Gasteiger partial charge < -0.3 is 14.6 Å². The summed E-state index contributed by atoms with van der Waals surface area (Å²) >= 11 is 0. The molecule has 5 heteroatoms. The number of hydrogen-bond donors (Lipinski definition) is 1. The van der Waals surface area contributed by atoms with E-state index < -0.39 is 0 Å². The number of carbonyl (C=O) groups is 1. The van der Waals surface area contributed by atoms with Crippen molar-refractivity contribution in [1.82, 2.24) is 4.98 Å². The number of fused-ring (bicyclic) bond motifs is 2. The molecule has 5 rings (SSSR count). The molecular weight excluding hydrogens is 362 g/mol. The van der Waals surface area contributed by atoms with Crippen molar-refractivity contribution >= 4 is 28.3 Å². The van der Waals surface area contributed by atoms with E-state index in [9.17, 15) is 4.79 Å². The van der Waals surface area contributed by atoms with Crippen molar-refractivity contribution in [3.05, 3.63) is 89.9 Å². The van der Waals surface area contributed by atoms with Crippen LogP contribution in [-0.2, 0) is 13.0 Å². The number of para-hydroxylation sites is 2. The van der Waals surface area contributed by atoms with Crippen molar-refractivity contribution in [3.8, 4) is 0 Å². The average Bonchev–Trinajstić information content (AvgIpc) is 3.33. The van der Waals surface area contributed by atoms with Gasteiger partial charge in [0, 0.05) is 17.1 Å². The number of aromatic nitrogens is 1. The second-order valence-electron chi connectivity index (χ2n) is 7.41. The maximum absolute atomic E-state index is 12.9. The molecule has 1 atom stereocenters. The normalized spacial score (nSPS) is 15.5. The molecule has 0 aliphatic carbocycles. The number of pyridine rings is 1. The lowest BCUT2D eigenvalue weighted by Gasteiger charge is -2.24. The van der Waals surface area contributed by atoms with Crippen LogP contribution in [-0.4, -0.2) is 16.9 Å². The molecule has 1 N–H and O–H groups in total. The number of carbonyl (C=O) groups excluding carboxylic acids is 1. The SMILES string of the molecule is CC1Cc2ccccc2N1Cc1occc1C(=O)Nc1ccc2ccccc2n1. The van der Waals surface area contributed by atoms with Crippen molar-refractivity contribution in [1.29, 1.82) is 0 Å². The third kappa shape index (κ3) is 3.25. The largest absolute Gasteiger partial charge is 0.467 e. The van der Waals surface area contributed by atoms with E-state index in [2.05, 4.69) is 40.3 Å². The summed E-state index contributed by atoms with van der Waals surface area (Å²) in [6.07, 6.45) is 2.57. The summed E-state index contributed by atoms with van der Waals surface area (Å²) in [5.74, 6) is 0.976. The Kier molecular flexibility index (Phi) is 4.28.